The average Bonchev–Trinajstić information content (AvgIpc) is 2.17. The molecule has 0 saturated carbocycles. The fourth-order valence-electron chi connectivity index (χ4n) is 4.66. The molecule has 0 aliphatic rings. The molecule has 23 heavy (non-hydrogen) atoms. The molecule has 134 valence electrons. The minimum absolute atomic E-state index is 0.0559. The molecule has 0 aliphatic carbocycles. The molecule has 0 atom stereocenters. The normalized spacial score (nSPS) is 15.1. The Morgan fingerprint density at radius 1 is 0.652 bits per heavy atom. The van der Waals surface area contributed by atoms with Gasteiger partial charge in [0, 0.05) is 0 Å². The summed E-state index contributed by atoms with van der Waals surface area (Å²) in [6, 6.07) is 0. The second-order valence-corrected chi connectivity index (χ2v) is 14.8. The number of hydrogen-bond donors (Lipinski definition) is 0. The fourth-order valence-corrected chi connectivity index (χ4v) is 10.3. The Morgan fingerprint density at radius 3 is 1.09 bits per heavy atom. The molecular formula is C18H38O2Si3. The van der Waals surface area contributed by atoms with Crippen molar-refractivity contribution in [2.45, 2.75) is 94.2 Å². The number of rotatable bonds is 5. The third kappa shape index (κ3) is 7.14. The maximum atomic E-state index is 6.48. The van der Waals surface area contributed by atoms with Gasteiger partial charge in [-0.2, -0.15) is 0 Å². The van der Waals surface area contributed by atoms with Gasteiger partial charge in [0.2, 0.25) is 19.5 Å². The first-order valence-electron chi connectivity index (χ1n) is 8.55. The molecule has 0 aliphatic heterocycles. The highest BCUT2D eigenvalue weighted by Gasteiger charge is 2.52. The van der Waals surface area contributed by atoms with Crippen molar-refractivity contribution in [3.63, 3.8) is 0 Å². The Hall–Kier alpha value is 0.571. The van der Waals surface area contributed by atoms with E-state index in [-0.39, 0.29) is 31.7 Å². The Labute approximate surface area is 153 Å². The van der Waals surface area contributed by atoms with Gasteiger partial charge in [-0.1, -0.05) is 83.1 Å². The van der Waals surface area contributed by atoms with Gasteiger partial charge < -0.3 is 8.23 Å². The first-order valence-corrected chi connectivity index (χ1v) is 11.3. The lowest BCUT2D eigenvalue weighted by atomic mass is 9.75. The van der Waals surface area contributed by atoms with Gasteiger partial charge in [0.25, 0.3) is 0 Å². The summed E-state index contributed by atoms with van der Waals surface area (Å²) in [5.41, 5.74) is 1.79. The summed E-state index contributed by atoms with van der Waals surface area (Å²) in [5.74, 6) is 0. The molecule has 0 aromatic carbocycles. The highest BCUT2D eigenvalue weighted by atomic mass is 28.4. The van der Waals surface area contributed by atoms with Crippen molar-refractivity contribution in [3.8, 4) is 0 Å². The van der Waals surface area contributed by atoms with E-state index in [4.69, 9.17) is 8.23 Å². The van der Waals surface area contributed by atoms with E-state index in [2.05, 4.69) is 93.6 Å². The summed E-state index contributed by atoms with van der Waals surface area (Å²) in [6.07, 6.45) is 0. The van der Waals surface area contributed by atoms with Crippen molar-refractivity contribution in [2.75, 3.05) is 0 Å². The molecule has 0 heterocycles. The van der Waals surface area contributed by atoms with E-state index in [1.165, 1.54) is 0 Å². The summed E-state index contributed by atoms with van der Waals surface area (Å²) in [5, 5.41) is 0. The van der Waals surface area contributed by atoms with Crippen LogP contribution in [0.5, 0.6) is 0 Å². The van der Waals surface area contributed by atoms with Crippen molar-refractivity contribution < 1.29 is 8.23 Å². The van der Waals surface area contributed by atoms with Gasteiger partial charge in [-0.25, -0.2) is 0 Å². The van der Waals surface area contributed by atoms with Crippen molar-refractivity contribution in [2.24, 2.45) is 21.7 Å². The minimum atomic E-state index is -1.16. The van der Waals surface area contributed by atoms with Crippen LogP contribution in [0, 0.1) is 21.7 Å². The summed E-state index contributed by atoms with van der Waals surface area (Å²) < 4.78 is 11.6. The lowest BCUT2D eigenvalue weighted by molar-refractivity contribution is 0.170. The smallest absolute Gasteiger partial charge is 0.409 e. The van der Waals surface area contributed by atoms with E-state index < -0.39 is 9.04 Å². The molecule has 0 saturated heterocycles. The first-order chi connectivity index (χ1) is 9.94. The molecular weight excluding hydrogens is 332 g/mol. The van der Waals surface area contributed by atoms with Crippen LogP contribution in [-0.4, -0.2) is 29.5 Å². The Kier molecular flexibility index (Phi) is 8.05. The molecule has 0 unspecified atom stereocenters. The highest BCUT2D eigenvalue weighted by molar-refractivity contribution is 6.61. The molecule has 0 bridgehead atoms. The van der Waals surface area contributed by atoms with Gasteiger partial charge in [-0.15, -0.1) is 0 Å². The largest absolute Gasteiger partial charge is 0.435 e. The molecule has 2 nitrogen and oxygen atoms in total. The molecule has 6 radical (unpaired) electrons. The Morgan fingerprint density at radius 2 is 0.913 bits per heavy atom. The standard InChI is InChI=1S/C18H38O2Si3/c1-15(2,3)13(16(4,5)6)23(20-22-19-21)14(17(7,8)9)18(10,11)12/h13-14H,1-12H3. The van der Waals surface area contributed by atoms with Crippen molar-refractivity contribution >= 4 is 29.5 Å². The molecule has 0 aromatic heterocycles. The van der Waals surface area contributed by atoms with E-state index in [9.17, 15) is 0 Å². The van der Waals surface area contributed by atoms with Crippen LogP contribution in [0.1, 0.15) is 83.1 Å². The predicted octanol–water partition coefficient (Wildman–Crippen LogP) is 5.55. The van der Waals surface area contributed by atoms with Crippen LogP contribution in [0.4, 0.5) is 0 Å². The maximum Gasteiger partial charge on any atom is 0.409 e. The molecule has 0 spiro atoms. The highest BCUT2D eigenvalue weighted by Crippen LogP contribution is 2.57. The number of hydrogen-bond acceptors (Lipinski definition) is 2. The van der Waals surface area contributed by atoms with Gasteiger partial charge in [0.05, 0.1) is 0 Å². The van der Waals surface area contributed by atoms with E-state index >= 15 is 0 Å². The fraction of sp³-hybridized carbons (Fsp3) is 1.00. The second-order valence-electron chi connectivity index (χ2n) is 11.0. The molecule has 0 N–H and O–H groups in total. The van der Waals surface area contributed by atoms with Crippen LogP contribution < -0.4 is 0 Å². The summed E-state index contributed by atoms with van der Waals surface area (Å²) in [6.45, 7) is 28.3. The SMILES string of the molecule is CC(C)(C)C([Si](O[Si]O[Si])C(C(C)(C)C)C(C)(C)C)C(C)(C)C. The van der Waals surface area contributed by atoms with Crippen LogP contribution in [0.3, 0.4) is 0 Å². The van der Waals surface area contributed by atoms with Crippen LogP contribution in [0.15, 0.2) is 0 Å². The third-order valence-corrected chi connectivity index (χ3v) is 10.4. The lowest BCUT2D eigenvalue weighted by Gasteiger charge is -2.52. The Balaban J connectivity index is 6.16. The predicted molar refractivity (Wildman–Crippen MR) is 105 cm³/mol. The Bertz CT molecular complexity index is 296. The minimum Gasteiger partial charge on any atom is -0.435 e. The summed E-state index contributed by atoms with van der Waals surface area (Å²) in [4.78, 5) is 0. The van der Waals surface area contributed by atoms with Crippen molar-refractivity contribution in [3.05, 3.63) is 0 Å². The van der Waals surface area contributed by atoms with E-state index in [0.717, 1.165) is 0 Å². The lowest BCUT2D eigenvalue weighted by Crippen LogP contribution is -2.51. The molecule has 5 heteroatoms. The monoisotopic (exact) mass is 370 g/mol. The van der Waals surface area contributed by atoms with Gasteiger partial charge >= 0.3 is 10.0 Å². The van der Waals surface area contributed by atoms with Crippen LogP contribution in [0.2, 0.25) is 11.1 Å². The maximum absolute atomic E-state index is 6.48. The van der Waals surface area contributed by atoms with Gasteiger partial charge in [-0.05, 0) is 32.7 Å². The molecule has 0 amide bonds. The summed E-state index contributed by atoms with van der Waals surface area (Å²) >= 11 is 0. The third-order valence-electron chi connectivity index (χ3n) is 4.23. The van der Waals surface area contributed by atoms with Crippen LogP contribution in [0.25, 0.3) is 0 Å². The van der Waals surface area contributed by atoms with E-state index in [1.807, 2.05) is 0 Å². The van der Waals surface area contributed by atoms with Crippen LogP contribution >= 0.6 is 0 Å². The van der Waals surface area contributed by atoms with Gasteiger partial charge in [0.15, 0.2) is 0 Å². The van der Waals surface area contributed by atoms with Gasteiger partial charge in [-0.3, -0.25) is 0 Å². The average molecular weight is 371 g/mol. The topological polar surface area (TPSA) is 18.5 Å². The van der Waals surface area contributed by atoms with E-state index in [0.29, 0.717) is 11.1 Å². The zero-order valence-electron chi connectivity index (χ0n) is 17.5. The first kappa shape index (κ1) is 23.6. The zero-order chi connectivity index (χ0) is 18.9. The van der Waals surface area contributed by atoms with Crippen molar-refractivity contribution in [1.29, 1.82) is 0 Å². The van der Waals surface area contributed by atoms with Gasteiger partial charge in [0.1, 0.15) is 0 Å². The van der Waals surface area contributed by atoms with Crippen molar-refractivity contribution in [1.82, 2.24) is 0 Å². The molecule has 0 fully saturated rings. The van der Waals surface area contributed by atoms with E-state index in [1.54, 1.807) is 0 Å². The molecule has 0 aromatic rings. The zero-order valence-corrected chi connectivity index (χ0v) is 20.5. The second kappa shape index (κ2) is 7.85. The quantitative estimate of drug-likeness (QED) is 0.590. The summed E-state index contributed by atoms with van der Waals surface area (Å²) in [7, 11) is 2.03. The molecule has 0 rings (SSSR count). The van der Waals surface area contributed by atoms with Crippen LogP contribution in [-0.2, 0) is 8.23 Å².